The molecule has 17 heavy (non-hydrogen) atoms. The minimum atomic E-state index is -0.715. The number of methoxy groups -OCH3 is 1. The minimum Gasteiger partial charge on any atom is -0.469 e. The molecule has 0 fully saturated rings. The Bertz CT molecular complexity index is 522. The monoisotopic (exact) mass is 254 g/mol. The van der Waals surface area contributed by atoms with Crippen LogP contribution in [0.4, 0.5) is 5.69 Å². The first kappa shape index (κ1) is 12.9. The predicted molar refractivity (Wildman–Crippen MR) is 58.5 cm³/mol. The van der Waals surface area contributed by atoms with E-state index >= 15 is 0 Å². The van der Waals surface area contributed by atoms with Crippen molar-refractivity contribution in [1.29, 1.82) is 5.26 Å². The highest BCUT2D eigenvalue weighted by atomic mass is 35.5. The Morgan fingerprint density at radius 1 is 1.65 bits per heavy atom. The van der Waals surface area contributed by atoms with Crippen molar-refractivity contribution < 1.29 is 14.5 Å². The highest BCUT2D eigenvalue weighted by Crippen LogP contribution is 2.28. The van der Waals surface area contributed by atoms with Crippen LogP contribution in [0.3, 0.4) is 0 Å². The molecule has 1 aromatic rings. The van der Waals surface area contributed by atoms with Crippen molar-refractivity contribution in [2.45, 2.75) is 6.42 Å². The lowest BCUT2D eigenvalue weighted by Gasteiger charge is -2.04. The van der Waals surface area contributed by atoms with E-state index in [1.807, 2.05) is 0 Å². The topological polar surface area (TPSA) is 93.2 Å². The van der Waals surface area contributed by atoms with Gasteiger partial charge in [-0.1, -0.05) is 11.6 Å². The summed E-state index contributed by atoms with van der Waals surface area (Å²) in [6.07, 6.45) is -0.304. The highest BCUT2D eigenvalue weighted by Gasteiger charge is 2.22. The number of esters is 1. The second-order valence-corrected chi connectivity index (χ2v) is 3.52. The van der Waals surface area contributed by atoms with E-state index in [-0.39, 0.29) is 22.6 Å². The Morgan fingerprint density at radius 2 is 2.29 bits per heavy atom. The van der Waals surface area contributed by atoms with E-state index in [9.17, 15) is 14.9 Å². The van der Waals surface area contributed by atoms with Crippen LogP contribution in [0.15, 0.2) is 12.1 Å². The first-order valence-electron chi connectivity index (χ1n) is 4.43. The molecule has 1 rings (SSSR count). The van der Waals surface area contributed by atoms with E-state index in [0.29, 0.717) is 0 Å². The fourth-order valence-electron chi connectivity index (χ4n) is 1.32. The number of hydrogen-bond donors (Lipinski definition) is 0. The van der Waals surface area contributed by atoms with Gasteiger partial charge in [0.1, 0.15) is 11.6 Å². The summed E-state index contributed by atoms with van der Waals surface area (Å²) in [5.41, 5.74) is -0.533. The molecule has 0 aliphatic heterocycles. The first-order chi connectivity index (χ1) is 7.99. The Labute approximate surface area is 102 Å². The van der Waals surface area contributed by atoms with Crippen molar-refractivity contribution in [3.8, 4) is 6.07 Å². The summed E-state index contributed by atoms with van der Waals surface area (Å²) in [5.74, 6) is -0.640. The minimum absolute atomic E-state index is 0.0610. The summed E-state index contributed by atoms with van der Waals surface area (Å²) in [4.78, 5) is 21.2. The number of benzene rings is 1. The summed E-state index contributed by atoms with van der Waals surface area (Å²) >= 11 is 5.71. The smallest absolute Gasteiger partial charge is 0.310 e. The molecule has 0 saturated heterocycles. The van der Waals surface area contributed by atoms with Crippen LogP contribution >= 0.6 is 11.6 Å². The van der Waals surface area contributed by atoms with Crippen molar-refractivity contribution in [3.63, 3.8) is 0 Å². The van der Waals surface area contributed by atoms with Crippen molar-refractivity contribution in [1.82, 2.24) is 0 Å². The van der Waals surface area contributed by atoms with E-state index in [2.05, 4.69) is 4.74 Å². The average Bonchev–Trinajstić information content (AvgIpc) is 2.27. The molecule has 0 aliphatic carbocycles. The number of nitrogens with zero attached hydrogens (tertiary/aromatic N) is 2. The van der Waals surface area contributed by atoms with Crippen LogP contribution < -0.4 is 0 Å². The van der Waals surface area contributed by atoms with Crippen LogP contribution in [-0.2, 0) is 16.0 Å². The molecule has 0 atom stereocenters. The molecule has 0 unspecified atom stereocenters. The quantitative estimate of drug-likeness (QED) is 0.466. The molecular formula is C10H7ClN2O4. The largest absolute Gasteiger partial charge is 0.469 e. The molecule has 1 aromatic carbocycles. The van der Waals surface area contributed by atoms with Gasteiger partial charge in [-0.05, 0) is 12.1 Å². The van der Waals surface area contributed by atoms with Crippen molar-refractivity contribution in [2.24, 2.45) is 0 Å². The standard InChI is InChI=1S/C10H7ClN2O4/c1-17-9(14)4-6-2-8(11)3-7(5-12)10(6)13(15)16/h2-3H,4H2,1H3. The fraction of sp³-hybridized carbons (Fsp3) is 0.200. The van der Waals surface area contributed by atoms with Gasteiger partial charge in [-0.15, -0.1) is 0 Å². The number of carbonyl (C=O) groups excluding carboxylic acids is 1. The number of carbonyl (C=O) groups is 1. The van der Waals surface area contributed by atoms with Gasteiger partial charge in [-0.2, -0.15) is 5.26 Å². The second-order valence-electron chi connectivity index (χ2n) is 3.08. The van der Waals surface area contributed by atoms with Gasteiger partial charge in [0, 0.05) is 10.6 Å². The summed E-state index contributed by atoms with van der Waals surface area (Å²) in [6.45, 7) is 0. The molecular weight excluding hydrogens is 248 g/mol. The summed E-state index contributed by atoms with van der Waals surface area (Å²) < 4.78 is 4.41. The zero-order valence-corrected chi connectivity index (χ0v) is 9.52. The summed E-state index contributed by atoms with van der Waals surface area (Å²) in [7, 11) is 1.17. The third kappa shape index (κ3) is 2.92. The van der Waals surface area contributed by atoms with Gasteiger partial charge in [0.15, 0.2) is 0 Å². The SMILES string of the molecule is COC(=O)Cc1cc(Cl)cc(C#N)c1[N+](=O)[O-]. The van der Waals surface area contributed by atoms with Crippen LogP contribution in [0.5, 0.6) is 0 Å². The predicted octanol–water partition coefficient (Wildman–Crippen LogP) is 1.84. The Kier molecular flexibility index (Phi) is 4.01. The van der Waals surface area contributed by atoms with E-state index in [1.54, 1.807) is 6.07 Å². The van der Waals surface area contributed by atoms with Gasteiger partial charge in [-0.3, -0.25) is 14.9 Å². The average molecular weight is 255 g/mol. The van der Waals surface area contributed by atoms with Crippen molar-refractivity contribution in [2.75, 3.05) is 7.11 Å². The molecule has 0 aliphatic rings. The van der Waals surface area contributed by atoms with E-state index in [1.165, 1.54) is 19.2 Å². The summed E-state index contributed by atoms with van der Waals surface area (Å²) in [6, 6.07) is 4.13. The van der Waals surface area contributed by atoms with E-state index in [4.69, 9.17) is 16.9 Å². The number of nitro benzene ring substituents is 1. The Morgan fingerprint density at radius 3 is 2.76 bits per heavy atom. The van der Waals surface area contributed by atoms with Crippen LogP contribution in [0.25, 0.3) is 0 Å². The third-order valence-electron chi connectivity index (χ3n) is 2.02. The Balaban J connectivity index is 3.36. The number of nitro groups is 1. The number of hydrogen-bond acceptors (Lipinski definition) is 5. The van der Waals surface area contributed by atoms with Gasteiger partial charge >= 0.3 is 5.97 Å². The zero-order valence-electron chi connectivity index (χ0n) is 8.77. The molecule has 7 heteroatoms. The lowest BCUT2D eigenvalue weighted by atomic mass is 10.1. The second kappa shape index (κ2) is 5.27. The molecule has 0 amide bonds. The van der Waals surface area contributed by atoms with Gasteiger partial charge < -0.3 is 4.74 Å². The van der Waals surface area contributed by atoms with Crippen LogP contribution in [-0.4, -0.2) is 18.0 Å². The van der Waals surface area contributed by atoms with Crippen molar-refractivity contribution >= 4 is 23.3 Å². The maximum Gasteiger partial charge on any atom is 0.310 e. The number of rotatable bonds is 3. The number of halogens is 1. The molecule has 0 radical (unpaired) electrons. The van der Waals surface area contributed by atoms with Crippen molar-refractivity contribution in [3.05, 3.63) is 38.4 Å². The number of nitriles is 1. The highest BCUT2D eigenvalue weighted by molar-refractivity contribution is 6.30. The molecule has 0 bridgehead atoms. The normalized spacial score (nSPS) is 9.47. The molecule has 0 N–H and O–H groups in total. The molecule has 88 valence electrons. The van der Waals surface area contributed by atoms with Gasteiger partial charge in [0.25, 0.3) is 5.69 Å². The van der Waals surface area contributed by atoms with Gasteiger partial charge in [0.05, 0.1) is 18.5 Å². The van der Waals surface area contributed by atoms with Gasteiger partial charge in [-0.25, -0.2) is 0 Å². The molecule has 0 spiro atoms. The van der Waals surface area contributed by atoms with Crippen LogP contribution in [0.2, 0.25) is 5.02 Å². The molecule has 0 heterocycles. The van der Waals surface area contributed by atoms with Crippen LogP contribution in [0, 0.1) is 21.4 Å². The third-order valence-corrected chi connectivity index (χ3v) is 2.24. The Hall–Kier alpha value is -2.13. The van der Waals surface area contributed by atoms with E-state index in [0.717, 1.165) is 0 Å². The lowest BCUT2D eigenvalue weighted by Crippen LogP contribution is -2.08. The molecule has 6 nitrogen and oxygen atoms in total. The zero-order chi connectivity index (χ0) is 13.0. The maximum atomic E-state index is 11.1. The lowest BCUT2D eigenvalue weighted by molar-refractivity contribution is -0.385. The van der Waals surface area contributed by atoms with Gasteiger partial charge in [0.2, 0.25) is 0 Å². The molecule has 0 saturated carbocycles. The summed E-state index contributed by atoms with van der Waals surface area (Å²) in [5, 5.41) is 19.8. The fourth-order valence-corrected chi connectivity index (χ4v) is 1.56. The molecule has 0 aromatic heterocycles. The van der Waals surface area contributed by atoms with Crippen LogP contribution in [0.1, 0.15) is 11.1 Å². The van der Waals surface area contributed by atoms with E-state index < -0.39 is 16.6 Å². The number of ether oxygens (including phenoxy) is 1. The maximum absolute atomic E-state index is 11.1. The first-order valence-corrected chi connectivity index (χ1v) is 4.81.